The molecule has 0 radical (unpaired) electrons. The Kier molecular flexibility index (Phi) is 5.01. The first-order valence-corrected chi connectivity index (χ1v) is 7.77. The number of hydrogen-bond acceptors (Lipinski definition) is 5. The van der Waals surface area contributed by atoms with Crippen LogP contribution in [0.3, 0.4) is 0 Å². The van der Waals surface area contributed by atoms with E-state index >= 15 is 0 Å². The Labute approximate surface area is 147 Å². The molecule has 0 bridgehead atoms. The molecular formula is C18H15F2NO5. The van der Waals surface area contributed by atoms with E-state index in [9.17, 15) is 18.4 Å². The lowest BCUT2D eigenvalue weighted by molar-refractivity contribution is -0.129. The van der Waals surface area contributed by atoms with Crippen LogP contribution in [0.15, 0.2) is 36.4 Å². The highest BCUT2D eigenvalue weighted by Gasteiger charge is 2.24. The van der Waals surface area contributed by atoms with E-state index in [4.69, 9.17) is 14.2 Å². The van der Waals surface area contributed by atoms with Crippen molar-refractivity contribution in [3.63, 3.8) is 0 Å². The van der Waals surface area contributed by atoms with Crippen LogP contribution in [0.5, 0.6) is 11.5 Å². The SMILES string of the molecule is CC(OC(=O)c1c(F)cccc1F)C(=O)NCc1ccc2c(c1)OCO2. The molecule has 136 valence electrons. The molecule has 6 nitrogen and oxygen atoms in total. The fraction of sp³-hybridized carbons (Fsp3) is 0.222. The largest absolute Gasteiger partial charge is 0.454 e. The third kappa shape index (κ3) is 3.74. The van der Waals surface area contributed by atoms with E-state index in [1.165, 1.54) is 6.92 Å². The summed E-state index contributed by atoms with van der Waals surface area (Å²) in [4.78, 5) is 23.9. The van der Waals surface area contributed by atoms with Crippen molar-refractivity contribution >= 4 is 11.9 Å². The molecule has 3 rings (SSSR count). The van der Waals surface area contributed by atoms with E-state index in [2.05, 4.69) is 5.32 Å². The monoisotopic (exact) mass is 363 g/mol. The number of carbonyl (C=O) groups is 2. The van der Waals surface area contributed by atoms with Crippen LogP contribution in [-0.4, -0.2) is 24.8 Å². The molecule has 0 fully saturated rings. The first kappa shape index (κ1) is 17.7. The van der Waals surface area contributed by atoms with Gasteiger partial charge in [-0.1, -0.05) is 12.1 Å². The quantitative estimate of drug-likeness (QED) is 0.827. The smallest absolute Gasteiger partial charge is 0.344 e. The van der Waals surface area contributed by atoms with Crippen molar-refractivity contribution in [3.8, 4) is 11.5 Å². The summed E-state index contributed by atoms with van der Waals surface area (Å²) in [6, 6.07) is 8.18. The molecule has 0 aromatic heterocycles. The van der Waals surface area contributed by atoms with Gasteiger partial charge in [-0.05, 0) is 36.8 Å². The van der Waals surface area contributed by atoms with Gasteiger partial charge in [-0.2, -0.15) is 0 Å². The summed E-state index contributed by atoms with van der Waals surface area (Å²) < 4.78 is 42.4. The maximum absolute atomic E-state index is 13.6. The van der Waals surface area contributed by atoms with Gasteiger partial charge < -0.3 is 19.5 Å². The molecule has 2 aromatic carbocycles. The first-order chi connectivity index (χ1) is 12.5. The number of benzene rings is 2. The highest BCUT2D eigenvalue weighted by Crippen LogP contribution is 2.32. The summed E-state index contributed by atoms with van der Waals surface area (Å²) in [5.41, 5.74) is -0.0794. The van der Waals surface area contributed by atoms with E-state index in [0.717, 1.165) is 23.8 Å². The first-order valence-electron chi connectivity index (χ1n) is 7.77. The standard InChI is InChI=1S/C18H15F2NO5/c1-10(26-18(23)16-12(19)3-2-4-13(16)20)17(22)21-8-11-5-6-14-15(7-11)25-9-24-14/h2-7,10H,8-9H2,1H3,(H,21,22). The number of carbonyl (C=O) groups excluding carboxylic acids is 2. The molecule has 2 aromatic rings. The van der Waals surface area contributed by atoms with Crippen LogP contribution in [0.25, 0.3) is 0 Å². The number of amides is 1. The summed E-state index contributed by atoms with van der Waals surface area (Å²) in [6.45, 7) is 1.61. The van der Waals surface area contributed by atoms with Crippen molar-refractivity contribution in [1.29, 1.82) is 0 Å². The van der Waals surface area contributed by atoms with Gasteiger partial charge in [0.05, 0.1) is 0 Å². The number of fused-ring (bicyclic) bond motifs is 1. The average molecular weight is 363 g/mol. The molecule has 1 N–H and O–H groups in total. The van der Waals surface area contributed by atoms with Crippen LogP contribution in [0.4, 0.5) is 8.78 Å². The van der Waals surface area contributed by atoms with E-state index in [0.29, 0.717) is 11.5 Å². The lowest BCUT2D eigenvalue weighted by Crippen LogP contribution is -2.35. The van der Waals surface area contributed by atoms with Gasteiger partial charge in [0.15, 0.2) is 17.6 Å². The third-order valence-corrected chi connectivity index (χ3v) is 3.72. The van der Waals surface area contributed by atoms with Gasteiger partial charge >= 0.3 is 5.97 Å². The average Bonchev–Trinajstić information content (AvgIpc) is 3.07. The Morgan fingerprint density at radius 2 is 1.85 bits per heavy atom. The molecule has 1 atom stereocenters. The molecule has 1 aliphatic heterocycles. The second kappa shape index (κ2) is 7.38. The molecule has 1 unspecified atom stereocenters. The number of ether oxygens (including phenoxy) is 3. The highest BCUT2D eigenvalue weighted by molar-refractivity contribution is 5.92. The van der Waals surface area contributed by atoms with Crippen LogP contribution in [0.2, 0.25) is 0 Å². The van der Waals surface area contributed by atoms with E-state index < -0.39 is 35.2 Å². The normalized spacial score (nSPS) is 13.2. The summed E-state index contributed by atoms with van der Waals surface area (Å²) in [5.74, 6) is -2.76. The van der Waals surface area contributed by atoms with Gasteiger partial charge in [0, 0.05) is 6.54 Å². The van der Waals surface area contributed by atoms with E-state index in [1.54, 1.807) is 18.2 Å². The third-order valence-electron chi connectivity index (χ3n) is 3.72. The lowest BCUT2D eigenvalue weighted by Gasteiger charge is -2.14. The van der Waals surface area contributed by atoms with Gasteiger partial charge in [-0.3, -0.25) is 4.79 Å². The molecule has 0 saturated carbocycles. The van der Waals surface area contributed by atoms with E-state index in [-0.39, 0.29) is 13.3 Å². The second-order valence-corrected chi connectivity index (χ2v) is 5.55. The summed E-state index contributed by atoms with van der Waals surface area (Å²) in [7, 11) is 0. The number of esters is 1. The zero-order valence-corrected chi connectivity index (χ0v) is 13.8. The van der Waals surface area contributed by atoms with Crippen LogP contribution in [0, 0.1) is 11.6 Å². The van der Waals surface area contributed by atoms with Crippen LogP contribution < -0.4 is 14.8 Å². The molecule has 1 heterocycles. The molecule has 0 spiro atoms. The number of nitrogens with one attached hydrogen (secondary N) is 1. The predicted molar refractivity (Wildman–Crippen MR) is 85.6 cm³/mol. The molecule has 1 aliphatic rings. The van der Waals surface area contributed by atoms with Crippen LogP contribution in [-0.2, 0) is 16.1 Å². The minimum Gasteiger partial charge on any atom is -0.454 e. The Morgan fingerprint density at radius 1 is 1.15 bits per heavy atom. The van der Waals surface area contributed by atoms with Crippen LogP contribution >= 0.6 is 0 Å². The van der Waals surface area contributed by atoms with Gasteiger partial charge in [-0.15, -0.1) is 0 Å². The Morgan fingerprint density at radius 3 is 2.58 bits per heavy atom. The van der Waals surface area contributed by atoms with Gasteiger partial charge in [0.1, 0.15) is 17.2 Å². The van der Waals surface area contributed by atoms with Crippen molar-refractivity contribution < 1.29 is 32.6 Å². The number of rotatable bonds is 5. The maximum atomic E-state index is 13.6. The van der Waals surface area contributed by atoms with Crippen molar-refractivity contribution in [3.05, 3.63) is 59.2 Å². The van der Waals surface area contributed by atoms with E-state index in [1.807, 2.05) is 0 Å². The number of hydrogen-bond donors (Lipinski definition) is 1. The molecule has 0 saturated heterocycles. The molecule has 1 amide bonds. The van der Waals surface area contributed by atoms with Crippen molar-refractivity contribution in [2.75, 3.05) is 6.79 Å². The fourth-order valence-electron chi connectivity index (χ4n) is 2.35. The molecular weight excluding hydrogens is 348 g/mol. The van der Waals surface area contributed by atoms with Crippen molar-refractivity contribution in [2.24, 2.45) is 0 Å². The maximum Gasteiger partial charge on any atom is 0.344 e. The fourth-order valence-corrected chi connectivity index (χ4v) is 2.35. The number of halogens is 2. The minimum atomic E-state index is -1.24. The zero-order valence-electron chi connectivity index (χ0n) is 13.8. The minimum absolute atomic E-state index is 0.144. The highest BCUT2D eigenvalue weighted by atomic mass is 19.1. The topological polar surface area (TPSA) is 73.9 Å². The second-order valence-electron chi connectivity index (χ2n) is 5.55. The summed E-state index contributed by atoms with van der Waals surface area (Å²) >= 11 is 0. The van der Waals surface area contributed by atoms with Crippen LogP contribution in [0.1, 0.15) is 22.8 Å². The Hall–Kier alpha value is -3.16. The van der Waals surface area contributed by atoms with Gasteiger partial charge in [0.25, 0.3) is 5.91 Å². The summed E-state index contributed by atoms with van der Waals surface area (Å²) in [6.07, 6.45) is -1.23. The molecule has 26 heavy (non-hydrogen) atoms. The lowest BCUT2D eigenvalue weighted by atomic mass is 10.2. The Balaban J connectivity index is 1.57. The van der Waals surface area contributed by atoms with Gasteiger partial charge in [-0.25, -0.2) is 13.6 Å². The molecule has 0 aliphatic carbocycles. The predicted octanol–water partition coefficient (Wildman–Crippen LogP) is 2.56. The van der Waals surface area contributed by atoms with Gasteiger partial charge in [0.2, 0.25) is 6.79 Å². The van der Waals surface area contributed by atoms with Crippen molar-refractivity contribution in [1.82, 2.24) is 5.32 Å². The Bertz CT molecular complexity index is 835. The molecule has 8 heteroatoms. The van der Waals surface area contributed by atoms with Crippen molar-refractivity contribution in [2.45, 2.75) is 19.6 Å². The summed E-state index contributed by atoms with van der Waals surface area (Å²) in [5, 5.41) is 2.58. The zero-order chi connectivity index (χ0) is 18.7.